The van der Waals surface area contributed by atoms with Crippen LogP contribution in [-0.4, -0.2) is 30.4 Å². The number of carboxylic acids is 1. The average Bonchev–Trinajstić information content (AvgIpc) is 2.94. The van der Waals surface area contributed by atoms with Crippen LogP contribution in [0.5, 0.6) is 0 Å². The summed E-state index contributed by atoms with van der Waals surface area (Å²) in [6, 6.07) is 4.45. The molecule has 0 unspecified atom stereocenters. The van der Waals surface area contributed by atoms with Crippen LogP contribution in [0.2, 0.25) is 0 Å². The van der Waals surface area contributed by atoms with Crippen molar-refractivity contribution in [2.45, 2.75) is 11.8 Å². The zero-order chi connectivity index (χ0) is 18.2. The molecule has 0 amide bonds. The van der Waals surface area contributed by atoms with Gasteiger partial charge in [0.05, 0.1) is 16.1 Å². The number of benzene rings is 1. The van der Waals surface area contributed by atoms with E-state index in [1.165, 1.54) is 29.7 Å². The number of aryl methyl sites for hydroxylation is 1. The molecule has 0 aliphatic carbocycles. The Morgan fingerprint density at radius 1 is 1.32 bits per heavy atom. The number of hydrogen-bond donors (Lipinski definition) is 2. The molecule has 2 N–H and O–H groups in total. The van der Waals surface area contributed by atoms with Gasteiger partial charge in [0.1, 0.15) is 17.3 Å². The largest absolute Gasteiger partial charge is 0.478 e. The number of halogens is 1. The van der Waals surface area contributed by atoms with Crippen LogP contribution in [0, 0.1) is 12.7 Å². The second kappa shape index (κ2) is 6.41. The van der Waals surface area contributed by atoms with Gasteiger partial charge in [-0.2, -0.15) is 0 Å². The molecule has 130 valence electrons. The zero-order valence-corrected chi connectivity index (χ0v) is 14.6. The van der Waals surface area contributed by atoms with E-state index in [1.54, 1.807) is 5.38 Å². The molecule has 0 radical (unpaired) electrons. The lowest BCUT2D eigenvalue weighted by Gasteiger charge is -2.12. The molecule has 2 heterocycles. The maximum Gasteiger partial charge on any atom is 0.339 e. The van der Waals surface area contributed by atoms with Crippen molar-refractivity contribution in [3.05, 3.63) is 52.1 Å². The number of fused-ring (bicyclic) bond motifs is 1. The first-order chi connectivity index (χ1) is 11.8. The van der Waals surface area contributed by atoms with Gasteiger partial charge in [0.15, 0.2) is 9.84 Å². The number of rotatable bonds is 5. The highest BCUT2D eigenvalue weighted by Gasteiger charge is 2.20. The third-order valence-corrected chi connectivity index (χ3v) is 6.06. The summed E-state index contributed by atoms with van der Waals surface area (Å²) in [6.45, 7) is 1.85. The van der Waals surface area contributed by atoms with E-state index in [0.29, 0.717) is 10.9 Å². The molecule has 3 aromatic rings. The predicted molar refractivity (Wildman–Crippen MR) is 93.4 cm³/mol. The van der Waals surface area contributed by atoms with E-state index >= 15 is 0 Å². The van der Waals surface area contributed by atoms with E-state index in [-0.39, 0.29) is 16.1 Å². The molecule has 2 aromatic heterocycles. The predicted octanol–water partition coefficient (Wildman–Crippen LogP) is 3.29. The Bertz CT molecular complexity index is 1060. The van der Waals surface area contributed by atoms with E-state index in [1.807, 2.05) is 6.92 Å². The Morgan fingerprint density at radius 2 is 2.00 bits per heavy atom. The minimum atomic E-state index is -3.77. The van der Waals surface area contributed by atoms with Crippen molar-refractivity contribution in [1.29, 1.82) is 0 Å². The van der Waals surface area contributed by atoms with E-state index in [4.69, 9.17) is 0 Å². The number of carboxylic acid groups (broad SMARTS) is 1. The van der Waals surface area contributed by atoms with E-state index in [0.717, 1.165) is 17.0 Å². The molecule has 3 rings (SSSR count). The van der Waals surface area contributed by atoms with Gasteiger partial charge in [0, 0.05) is 21.8 Å². The molecule has 6 nitrogen and oxygen atoms in total. The number of aromatic nitrogens is 1. The summed E-state index contributed by atoms with van der Waals surface area (Å²) in [7, 11) is -3.77. The molecular weight excluding hydrogens is 367 g/mol. The fraction of sp³-hybridized carbons (Fsp3) is 0.125. The molecule has 0 atom stereocenters. The third-order valence-electron chi connectivity index (χ3n) is 3.65. The van der Waals surface area contributed by atoms with Crippen LogP contribution < -0.4 is 5.32 Å². The molecule has 0 aliphatic heterocycles. The van der Waals surface area contributed by atoms with Crippen LogP contribution in [0.3, 0.4) is 0 Å². The van der Waals surface area contributed by atoms with Gasteiger partial charge in [-0.25, -0.2) is 17.6 Å². The van der Waals surface area contributed by atoms with Gasteiger partial charge >= 0.3 is 5.97 Å². The topological polar surface area (TPSA) is 96.4 Å². The maximum absolute atomic E-state index is 13.0. The number of aromatic carboxylic acids is 1. The summed E-state index contributed by atoms with van der Waals surface area (Å²) < 4.78 is 37.8. The number of sulfone groups is 1. The van der Waals surface area contributed by atoms with Gasteiger partial charge in [-0.15, -0.1) is 11.3 Å². The second-order valence-corrected chi connectivity index (χ2v) is 8.37. The summed E-state index contributed by atoms with van der Waals surface area (Å²) in [5.41, 5.74) is 0.712. The smallest absolute Gasteiger partial charge is 0.339 e. The molecule has 25 heavy (non-hydrogen) atoms. The highest BCUT2D eigenvalue weighted by atomic mass is 32.2. The molecule has 0 fully saturated rings. The minimum absolute atomic E-state index is 0.0509. The van der Waals surface area contributed by atoms with Gasteiger partial charge < -0.3 is 10.4 Å². The van der Waals surface area contributed by atoms with E-state index < -0.39 is 27.5 Å². The van der Waals surface area contributed by atoms with Crippen LogP contribution in [0.4, 0.5) is 10.1 Å². The lowest BCUT2D eigenvalue weighted by molar-refractivity contribution is 0.0697. The number of carbonyl (C=O) groups is 1. The highest BCUT2D eigenvalue weighted by molar-refractivity contribution is 7.91. The minimum Gasteiger partial charge on any atom is -0.478 e. The fourth-order valence-corrected chi connectivity index (χ4v) is 4.22. The number of nitrogens with zero attached hydrogens (tertiary/aromatic N) is 1. The van der Waals surface area contributed by atoms with Crippen molar-refractivity contribution < 1.29 is 22.7 Å². The van der Waals surface area contributed by atoms with Crippen molar-refractivity contribution >= 4 is 43.7 Å². The van der Waals surface area contributed by atoms with E-state index in [9.17, 15) is 22.7 Å². The molecule has 0 spiro atoms. The Labute approximate surface area is 146 Å². The van der Waals surface area contributed by atoms with Crippen LogP contribution in [-0.2, 0) is 9.84 Å². The summed E-state index contributed by atoms with van der Waals surface area (Å²) >= 11 is 1.40. The number of nitrogens with one attached hydrogen (secondary N) is 1. The Hall–Kier alpha value is -2.52. The molecular formula is C16H13FN2O4S2. The number of thiophene rings is 1. The quantitative estimate of drug-likeness (QED) is 0.660. The first kappa shape index (κ1) is 17.3. The number of pyridine rings is 1. The monoisotopic (exact) mass is 380 g/mol. The number of anilines is 1. The summed E-state index contributed by atoms with van der Waals surface area (Å²) in [6.07, 6.45) is 1.21. The second-order valence-electron chi connectivity index (χ2n) is 5.30. The van der Waals surface area contributed by atoms with Crippen LogP contribution >= 0.6 is 11.3 Å². The first-order valence-electron chi connectivity index (χ1n) is 7.12. The molecule has 0 saturated heterocycles. The molecule has 0 bridgehead atoms. The standard InChI is InChI=1S/C16H13FN2O4S2/c1-9-14-13(7-24-9)15(12(6-18-14)16(20)21)19-8-25(22,23)11-4-2-10(17)3-5-11/h2-7,19H,8H2,1H3,(H,20,21). The van der Waals surface area contributed by atoms with Crippen molar-refractivity contribution in [2.75, 3.05) is 11.2 Å². The van der Waals surface area contributed by atoms with Crippen molar-refractivity contribution in [1.82, 2.24) is 4.98 Å². The van der Waals surface area contributed by atoms with Gasteiger partial charge in [-0.1, -0.05) is 0 Å². The summed E-state index contributed by atoms with van der Waals surface area (Å²) in [5.74, 6) is -2.27. The summed E-state index contributed by atoms with van der Waals surface area (Å²) in [5, 5.41) is 14.3. The van der Waals surface area contributed by atoms with Crippen molar-refractivity contribution in [2.24, 2.45) is 0 Å². The first-order valence-corrected chi connectivity index (χ1v) is 9.65. The molecule has 0 saturated carbocycles. The lowest BCUT2D eigenvalue weighted by Crippen LogP contribution is -2.17. The van der Waals surface area contributed by atoms with Crippen LogP contribution in [0.25, 0.3) is 10.9 Å². The summed E-state index contributed by atoms with van der Waals surface area (Å²) in [4.78, 5) is 16.4. The Kier molecular flexibility index (Phi) is 4.44. The van der Waals surface area contributed by atoms with E-state index in [2.05, 4.69) is 10.3 Å². The molecule has 0 aliphatic rings. The van der Waals surface area contributed by atoms with Crippen LogP contribution in [0.15, 0.2) is 40.7 Å². The van der Waals surface area contributed by atoms with Gasteiger partial charge in [0.2, 0.25) is 0 Å². The molecule has 9 heteroatoms. The van der Waals surface area contributed by atoms with Crippen molar-refractivity contribution in [3.8, 4) is 0 Å². The highest BCUT2D eigenvalue weighted by Crippen LogP contribution is 2.32. The normalized spacial score (nSPS) is 11.6. The van der Waals surface area contributed by atoms with Gasteiger partial charge in [-0.3, -0.25) is 4.98 Å². The average molecular weight is 380 g/mol. The lowest BCUT2D eigenvalue weighted by atomic mass is 10.1. The number of hydrogen-bond acceptors (Lipinski definition) is 6. The third kappa shape index (κ3) is 3.33. The Balaban J connectivity index is 1.98. The Morgan fingerprint density at radius 3 is 2.64 bits per heavy atom. The SMILES string of the molecule is Cc1scc2c(NCS(=O)(=O)c3ccc(F)cc3)c(C(=O)O)cnc12. The fourth-order valence-electron chi connectivity index (χ4n) is 2.37. The van der Waals surface area contributed by atoms with Gasteiger partial charge in [-0.05, 0) is 31.2 Å². The maximum atomic E-state index is 13.0. The zero-order valence-electron chi connectivity index (χ0n) is 13.0. The van der Waals surface area contributed by atoms with Crippen LogP contribution in [0.1, 0.15) is 15.2 Å². The van der Waals surface area contributed by atoms with Gasteiger partial charge in [0.25, 0.3) is 0 Å². The van der Waals surface area contributed by atoms with Crippen molar-refractivity contribution in [3.63, 3.8) is 0 Å². The molecule has 1 aromatic carbocycles.